The van der Waals surface area contributed by atoms with Gasteiger partial charge >= 0.3 is 0 Å². The molecule has 0 bridgehead atoms. The van der Waals surface area contributed by atoms with E-state index in [-0.39, 0.29) is 0 Å². The minimum atomic E-state index is 0.640. The molecule has 0 aliphatic carbocycles. The molecular formula is C24H19N5. The molecule has 5 nitrogen and oxygen atoms in total. The van der Waals surface area contributed by atoms with Gasteiger partial charge in [0.25, 0.3) is 0 Å². The van der Waals surface area contributed by atoms with E-state index in [9.17, 15) is 0 Å². The van der Waals surface area contributed by atoms with Crippen molar-refractivity contribution in [3.05, 3.63) is 90.6 Å². The first-order valence-corrected chi connectivity index (χ1v) is 9.45. The van der Waals surface area contributed by atoms with Gasteiger partial charge in [0.15, 0.2) is 5.82 Å². The molecule has 0 aliphatic heterocycles. The van der Waals surface area contributed by atoms with E-state index < -0.39 is 0 Å². The lowest BCUT2D eigenvalue weighted by Crippen LogP contribution is -1.98. The SMILES string of the molecule is Cn1c(-c2ccccc2)c(/C=N/Nc2nncc3ccccc23)c2ccccc21. The molecule has 0 fully saturated rings. The Hall–Kier alpha value is -3.99. The number of nitrogens with one attached hydrogen (secondary N) is 1. The zero-order valence-corrected chi connectivity index (χ0v) is 15.9. The average molecular weight is 377 g/mol. The van der Waals surface area contributed by atoms with Gasteiger partial charge in [0.05, 0.1) is 18.1 Å². The van der Waals surface area contributed by atoms with Gasteiger partial charge in [0.1, 0.15) is 0 Å². The maximum absolute atomic E-state index is 4.52. The Morgan fingerprint density at radius 2 is 1.59 bits per heavy atom. The molecule has 0 radical (unpaired) electrons. The van der Waals surface area contributed by atoms with E-state index >= 15 is 0 Å². The number of benzene rings is 3. The largest absolute Gasteiger partial charge is 0.343 e. The number of rotatable bonds is 4. The molecule has 3 aromatic carbocycles. The molecule has 0 unspecified atom stereocenters. The number of hydrogen-bond acceptors (Lipinski definition) is 4. The van der Waals surface area contributed by atoms with Crippen LogP contribution < -0.4 is 5.43 Å². The fourth-order valence-electron chi connectivity index (χ4n) is 3.77. The van der Waals surface area contributed by atoms with Crippen LogP contribution in [0.2, 0.25) is 0 Å². The highest BCUT2D eigenvalue weighted by Gasteiger charge is 2.15. The summed E-state index contributed by atoms with van der Waals surface area (Å²) in [7, 11) is 2.09. The van der Waals surface area contributed by atoms with Gasteiger partial charge in [-0.3, -0.25) is 5.43 Å². The second-order valence-corrected chi connectivity index (χ2v) is 6.85. The molecule has 5 aromatic rings. The molecule has 0 aliphatic rings. The Kier molecular flexibility index (Phi) is 4.26. The molecular weight excluding hydrogens is 358 g/mol. The number of nitrogens with zero attached hydrogens (tertiary/aromatic N) is 4. The first-order valence-electron chi connectivity index (χ1n) is 9.45. The zero-order valence-electron chi connectivity index (χ0n) is 15.9. The summed E-state index contributed by atoms with van der Waals surface area (Å²) < 4.78 is 2.21. The monoisotopic (exact) mass is 377 g/mol. The molecule has 0 atom stereocenters. The van der Waals surface area contributed by atoms with Crippen LogP contribution in [0, 0.1) is 0 Å². The minimum Gasteiger partial charge on any atom is -0.343 e. The van der Waals surface area contributed by atoms with E-state index in [0.717, 1.165) is 38.5 Å². The lowest BCUT2D eigenvalue weighted by molar-refractivity contribution is 0.977. The van der Waals surface area contributed by atoms with Crippen LogP contribution in [-0.2, 0) is 7.05 Å². The molecule has 1 N–H and O–H groups in total. The number of fused-ring (bicyclic) bond motifs is 2. The molecule has 0 spiro atoms. The summed E-state index contributed by atoms with van der Waals surface area (Å²) in [5.41, 5.74) is 7.58. The third-order valence-electron chi connectivity index (χ3n) is 5.13. The third kappa shape index (κ3) is 3.02. The standard InChI is InChI=1S/C24H19N5/c1-29-22-14-8-7-13-20(22)21(23(29)17-9-3-2-4-10-17)16-26-28-24-19-12-6-5-11-18(19)15-25-27-24/h2-16H,1H3,(H,27,28)/b26-16+. The van der Waals surface area contributed by atoms with Crippen LogP contribution in [0.15, 0.2) is 90.2 Å². The molecule has 0 amide bonds. The number of aromatic nitrogens is 3. The fraction of sp³-hybridized carbons (Fsp3) is 0.0417. The van der Waals surface area contributed by atoms with E-state index in [1.807, 2.05) is 36.5 Å². The summed E-state index contributed by atoms with van der Waals surface area (Å²) in [6, 6.07) is 26.7. The van der Waals surface area contributed by atoms with Crippen LogP contribution in [0.5, 0.6) is 0 Å². The van der Waals surface area contributed by atoms with Crippen molar-refractivity contribution >= 4 is 33.7 Å². The summed E-state index contributed by atoms with van der Waals surface area (Å²) in [6.45, 7) is 0. The molecule has 5 heteroatoms. The average Bonchev–Trinajstić information content (AvgIpc) is 3.06. The molecule has 0 saturated carbocycles. The van der Waals surface area contributed by atoms with E-state index in [1.165, 1.54) is 0 Å². The Labute approximate surface area is 168 Å². The van der Waals surface area contributed by atoms with Gasteiger partial charge in [-0.05, 0) is 11.6 Å². The Morgan fingerprint density at radius 3 is 2.45 bits per heavy atom. The molecule has 29 heavy (non-hydrogen) atoms. The first-order chi connectivity index (χ1) is 14.3. The summed E-state index contributed by atoms with van der Waals surface area (Å²) in [4.78, 5) is 0. The van der Waals surface area contributed by atoms with Crippen molar-refractivity contribution in [3.63, 3.8) is 0 Å². The quantitative estimate of drug-likeness (QED) is 0.344. The minimum absolute atomic E-state index is 0.640. The van der Waals surface area contributed by atoms with Crippen LogP contribution in [0.25, 0.3) is 32.9 Å². The summed E-state index contributed by atoms with van der Waals surface area (Å²) in [6.07, 6.45) is 3.62. The van der Waals surface area contributed by atoms with Crippen LogP contribution in [-0.4, -0.2) is 21.0 Å². The van der Waals surface area contributed by atoms with E-state index in [0.29, 0.717) is 5.82 Å². The van der Waals surface area contributed by atoms with Crippen molar-refractivity contribution in [2.75, 3.05) is 5.43 Å². The Balaban J connectivity index is 1.60. The number of hydrogen-bond donors (Lipinski definition) is 1. The van der Waals surface area contributed by atoms with Crippen LogP contribution in [0.1, 0.15) is 5.56 Å². The maximum Gasteiger partial charge on any atom is 0.176 e. The molecule has 5 rings (SSSR count). The Morgan fingerprint density at radius 1 is 0.862 bits per heavy atom. The van der Waals surface area contributed by atoms with E-state index in [4.69, 9.17) is 0 Å². The molecule has 140 valence electrons. The van der Waals surface area contributed by atoms with Crippen molar-refractivity contribution in [3.8, 4) is 11.3 Å². The highest BCUT2D eigenvalue weighted by Crippen LogP contribution is 2.31. The third-order valence-corrected chi connectivity index (χ3v) is 5.13. The molecule has 2 aromatic heterocycles. The Bertz CT molecular complexity index is 1330. The van der Waals surface area contributed by atoms with E-state index in [1.54, 1.807) is 6.20 Å². The predicted molar refractivity (Wildman–Crippen MR) is 119 cm³/mol. The van der Waals surface area contributed by atoms with Gasteiger partial charge in [-0.2, -0.15) is 10.2 Å². The topological polar surface area (TPSA) is 55.1 Å². The number of hydrazone groups is 1. The highest BCUT2D eigenvalue weighted by molar-refractivity contribution is 6.06. The molecule has 2 heterocycles. The maximum atomic E-state index is 4.52. The van der Waals surface area contributed by atoms with Crippen LogP contribution in [0.3, 0.4) is 0 Å². The fourth-order valence-corrected chi connectivity index (χ4v) is 3.77. The van der Waals surface area contributed by atoms with Crippen LogP contribution >= 0.6 is 0 Å². The summed E-state index contributed by atoms with van der Waals surface area (Å²) in [5.74, 6) is 0.640. The van der Waals surface area contributed by atoms with Gasteiger partial charge in [-0.15, -0.1) is 5.10 Å². The smallest absolute Gasteiger partial charge is 0.176 e. The second kappa shape index (κ2) is 7.20. The van der Waals surface area contributed by atoms with Crippen molar-refractivity contribution < 1.29 is 0 Å². The summed E-state index contributed by atoms with van der Waals surface area (Å²) in [5, 5.41) is 16.0. The van der Waals surface area contributed by atoms with Crippen molar-refractivity contribution in [1.29, 1.82) is 0 Å². The number of aryl methyl sites for hydroxylation is 1. The van der Waals surface area contributed by atoms with Gasteiger partial charge in [0, 0.05) is 34.3 Å². The first kappa shape index (κ1) is 17.1. The van der Waals surface area contributed by atoms with Crippen molar-refractivity contribution in [2.24, 2.45) is 12.1 Å². The van der Waals surface area contributed by atoms with Gasteiger partial charge in [-0.25, -0.2) is 0 Å². The highest BCUT2D eigenvalue weighted by atomic mass is 15.3. The number of para-hydroxylation sites is 1. The van der Waals surface area contributed by atoms with Crippen molar-refractivity contribution in [2.45, 2.75) is 0 Å². The van der Waals surface area contributed by atoms with Crippen molar-refractivity contribution in [1.82, 2.24) is 14.8 Å². The summed E-state index contributed by atoms with van der Waals surface area (Å²) >= 11 is 0. The van der Waals surface area contributed by atoms with Gasteiger partial charge in [-0.1, -0.05) is 72.8 Å². The van der Waals surface area contributed by atoms with Gasteiger partial charge in [0.2, 0.25) is 0 Å². The number of anilines is 1. The zero-order chi connectivity index (χ0) is 19.6. The normalized spacial score (nSPS) is 11.5. The van der Waals surface area contributed by atoms with Gasteiger partial charge < -0.3 is 4.57 Å². The van der Waals surface area contributed by atoms with E-state index in [2.05, 4.69) is 80.9 Å². The molecule has 0 saturated heterocycles. The predicted octanol–water partition coefficient (Wildman–Crippen LogP) is 5.23. The lowest BCUT2D eigenvalue weighted by Gasteiger charge is -2.06. The second-order valence-electron chi connectivity index (χ2n) is 6.85. The lowest BCUT2D eigenvalue weighted by atomic mass is 10.1. The van der Waals surface area contributed by atoms with Crippen LogP contribution in [0.4, 0.5) is 5.82 Å².